The number of aliphatic hydroxyl groups excluding tert-OH is 2. The molecule has 1 atom stereocenters. The van der Waals surface area contributed by atoms with Crippen molar-refractivity contribution in [2.45, 2.75) is 38.5 Å². The van der Waals surface area contributed by atoms with E-state index in [4.69, 9.17) is 4.74 Å². The van der Waals surface area contributed by atoms with E-state index in [-0.39, 0.29) is 17.7 Å². The average Bonchev–Trinajstić information content (AvgIpc) is 2.94. The van der Waals surface area contributed by atoms with Crippen LogP contribution in [0.3, 0.4) is 0 Å². The second-order valence-corrected chi connectivity index (χ2v) is 9.94. The highest BCUT2D eigenvalue weighted by molar-refractivity contribution is 5.85. The van der Waals surface area contributed by atoms with Crippen molar-refractivity contribution in [3.05, 3.63) is 65.1 Å². The number of aliphatic hydroxyl groups is 2. The van der Waals surface area contributed by atoms with Gasteiger partial charge in [-0.2, -0.15) is 0 Å². The van der Waals surface area contributed by atoms with Gasteiger partial charge in [-0.25, -0.2) is 17.6 Å². The van der Waals surface area contributed by atoms with E-state index in [1.165, 1.54) is 13.3 Å². The van der Waals surface area contributed by atoms with Gasteiger partial charge in [-0.15, -0.1) is 0 Å². The molecule has 3 N–H and O–H groups in total. The molecule has 0 radical (unpaired) electrons. The number of benzene rings is 2. The number of hydrogen-bond acceptors (Lipinski definition) is 6. The summed E-state index contributed by atoms with van der Waals surface area (Å²) < 4.78 is 59.7. The van der Waals surface area contributed by atoms with Gasteiger partial charge in [0.1, 0.15) is 18.2 Å². The summed E-state index contributed by atoms with van der Waals surface area (Å²) in [7, 11) is 1.54. The van der Waals surface area contributed by atoms with Gasteiger partial charge < -0.3 is 25.2 Å². The minimum absolute atomic E-state index is 0.0412. The molecule has 206 valence electrons. The fraction of sp³-hybridized carbons (Fsp3) is 0.464. The summed E-state index contributed by atoms with van der Waals surface area (Å²) in [5.41, 5.74) is 0.852. The number of rotatable bonds is 11. The summed E-state index contributed by atoms with van der Waals surface area (Å²) in [6.07, 6.45) is 2.76. The van der Waals surface area contributed by atoms with Gasteiger partial charge >= 0.3 is 0 Å². The molecule has 6 nitrogen and oxygen atoms in total. The second-order valence-electron chi connectivity index (χ2n) is 9.94. The van der Waals surface area contributed by atoms with Crippen LogP contribution in [0.2, 0.25) is 0 Å². The molecule has 0 saturated carbocycles. The number of hydrogen-bond donors (Lipinski definition) is 3. The molecule has 1 aliphatic rings. The van der Waals surface area contributed by atoms with E-state index < -0.39 is 30.2 Å². The number of aromatic nitrogens is 1. The van der Waals surface area contributed by atoms with Crippen LogP contribution in [-0.4, -0.2) is 60.0 Å². The molecule has 0 bridgehead atoms. The van der Waals surface area contributed by atoms with Crippen LogP contribution in [0, 0.1) is 22.9 Å². The lowest BCUT2D eigenvalue weighted by atomic mass is 9.74. The first-order chi connectivity index (χ1) is 18.3. The van der Waals surface area contributed by atoms with Crippen LogP contribution in [0.1, 0.15) is 42.9 Å². The van der Waals surface area contributed by atoms with Crippen LogP contribution in [0.4, 0.5) is 23.2 Å². The van der Waals surface area contributed by atoms with E-state index in [1.54, 1.807) is 18.2 Å². The number of alkyl halides is 1. The van der Waals surface area contributed by atoms with Crippen LogP contribution in [0.15, 0.2) is 36.5 Å². The van der Waals surface area contributed by atoms with Crippen molar-refractivity contribution < 1.29 is 32.5 Å². The van der Waals surface area contributed by atoms with Gasteiger partial charge in [0.15, 0.2) is 11.6 Å². The number of ether oxygens (including phenoxy) is 1. The number of methoxy groups -OCH3 is 1. The molecule has 3 aromatic rings. The number of pyridine rings is 1. The number of halogens is 4. The quantitative estimate of drug-likeness (QED) is 0.234. The Kier molecular flexibility index (Phi) is 9.07. The first kappa shape index (κ1) is 28.1. The molecule has 1 fully saturated rings. The lowest BCUT2D eigenvalue weighted by Crippen LogP contribution is -2.43. The second kappa shape index (κ2) is 12.3. The molecule has 4 rings (SSSR count). The summed E-state index contributed by atoms with van der Waals surface area (Å²) in [5.74, 6) is -2.61. The average molecular weight is 536 g/mol. The van der Waals surface area contributed by atoms with E-state index in [0.717, 1.165) is 6.07 Å². The zero-order chi connectivity index (χ0) is 27.3. The minimum atomic E-state index is -1.24. The third-order valence-electron chi connectivity index (χ3n) is 7.61. The molecule has 2 heterocycles. The maximum absolute atomic E-state index is 13.8. The molecule has 2 aromatic carbocycles. The van der Waals surface area contributed by atoms with Gasteiger partial charge in [0.05, 0.1) is 24.4 Å². The third kappa shape index (κ3) is 6.19. The largest absolute Gasteiger partial charge is 0.497 e. The van der Waals surface area contributed by atoms with E-state index in [0.29, 0.717) is 85.7 Å². The van der Waals surface area contributed by atoms with Gasteiger partial charge in [-0.05, 0) is 68.0 Å². The first-order valence-electron chi connectivity index (χ1n) is 12.7. The molecule has 10 heteroatoms. The highest BCUT2D eigenvalue weighted by Gasteiger charge is 2.34. The van der Waals surface area contributed by atoms with Crippen LogP contribution in [0.5, 0.6) is 5.75 Å². The third-order valence-corrected chi connectivity index (χ3v) is 7.61. The number of piperidine rings is 1. The molecule has 38 heavy (non-hydrogen) atoms. The molecular formula is C28H33F4N3O3. The Bertz CT molecular complexity index is 1250. The van der Waals surface area contributed by atoms with Crippen LogP contribution in [0.25, 0.3) is 10.9 Å². The van der Waals surface area contributed by atoms with Crippen LogP contribution < -0.4 is 10.1 Å². The molecule has 1 aromatic heterocycles. The zero-order valence-electron chi connectivity index (χ0n) is 21.3. The summed E-state index contributed by atoms with van der Waals surface area (Å²) in [5, 5.41) is 24.8. The van der Waals surface area contributed by atoms with Crippen LogP contribution >= 0.6 is 0 Å². The van der Waals surface area contributed by atoms with Crippen molar-refractivity contribution in [3.8, 4) is 5.75 Å². The Hall–Kier alpha value is -2.95. The number of nitrogens with one attached hydrogen (secondary N) is 1. The fourth-order valence-electron chi connectivity index (χ4n) is 5.22. The zero-order valence-corrected chi connectivity index (χ0v) is 21.3. The number of likely N-dealkylation sites (tertiary alicyclic amines) is 1. The standard InChI is InChI=1S/C28H33F4N3O3/c1-38-20-2-3-23-21(14-20)26(18(15-29)16-34-23)25(37)4-5-28(17-36)6-9-35(10-7-28)11-8-33-24-13-19(30)12-22(31)27(24)32/h2-3,12-14,16,25,33,36-37H,4-11,15,17H2,1H3/t25-/m0/s1. The van der Waals surface area contributed by atoms with Crippen molar-refractivity contribution in [1.29, 1.82) is 0 Å². The summed E-state index contributed by atoms with van der Waals surface area (Å²) in [4.78, 5) is 6.43. The maximum Gasteiger partial charge on any atom is 0.182 e. The SMILES string of the molecule is COc1ccc2ncc(CF)c([C@@H](O)CCC3(CO)CCN(CCNc4cc(F)cc(F)c4F)CC3)c2c1. The summed E-state index contributed by atoms with van der Waals surface area (Å²) >= 11 is 0. The number of nitrogens with zero attached hydrogens (tertiary/aromatic N) is 2. The highest BCUT2D eigenvalue weighted by atomic mass is 19.2. The van der Waals surface area contributed by atoms with Gasteiger partial charge in [0.25, 0.3) is 0 Å². The molecule has 0 aliphatic carbocycles. The van der Waals surface area contributed by atoms with Crippen LogP contribution in [-0.2, 0) is 6.67 Å². The van der Waals surface area contributed by atoms with E-state index >= 15 is 0 Å². The molecular weight excluding hydrogens is 502 g/mol. The molecule has 1 aliphatic heterocycles. The topological polar surface area (TPSA) is 77.8 Å². The van der Waals surface area contributed by atoms with E-state index in [2.05, 4.69) is 15.2 Å². The maximum atomic E-state index is 13.8. The molecule has 1 saturated heterocycles. The Morgan fingerprint density at radius 1 is 1.16 bits per heavy atom. The predicted molar refractivity (Wildman–Crippen MR) is 137 cm³/mol. The monoisotopic (exact) mass is 535 g/mol. The Labute approximate surface area is 219 Å². The Morgan fingerprint density at radius 3 is 2.61 bits per heavy atom. The predicted octanol–water partition coefficient (Wildman–Crippen LogP) is 5.13. The Morgan fingerprint density at radius 2 is 1.92 bits per heavy atom. The summed E-state index contributed by atoms with van der Waals surface area (Å²) in [6.45, 7) is 1.38. The smallest absolute Gasteiger partial charge is 0.182 e. The minimum Gasteiger partial charge on any atom is -0.497 e. The van der Waals surface area contributed by atoms with Crippen molar-refractivity contribution in [2.75, 3.05) is 45.2 Å². The van der Waals surface area contributed by atoms with E-state index in [1.807, 2.05) is 0 Å². The van der Waals surface area contributed by atoms with Gasteiger partial charge in [-0.1, -0.05) is 0 Å². The fourth-order valence-corrected chi connectivity index (χ4v) is 5.22. The molecule has 0 spiro atoms. The lowest BCUT2D eigenvalue weighted by molar-refractivity contribution is 0.0246. The molecule has 0 unspecified atom stereocenters. The number of fused-ring (bicyclic) bond motifs is 1. The lowest BCUT2D eigenvalue weighted by Gasteiger charge is -2.41. The van der Waals surface area contributed by atoms with Gasteiger partial charge in [0, 0.05) is 49.0 Å². The highest BCUT2D eigenvalue weighted by Crippen LogP contribution is 2.40. The van der Waals surface area contributed by atoms with Gasteiger partial charge in [0.2, 0.25) is 0 Å². The van der Waals surface area contributed by atoms with Gasteiger partial charge in [-0.3, -0.25) is 4.98 Å². The van der Waals surface area contributed by atoms with Crippen molar-refractivity contribution >= 4 is 16.6 Å². The Balaban J connectivity index is 1.35. The van der Waals surface area contributed by atoms with E-state index in [9.17, 15) is 27.8 Å². The van der Waals surface area contributed by atoms with Crippen molar-refractivity contribution in [2.24, 2.45) is 5.41 Å². The molecule has 0 amide bonds. The van der Waals surface area contributed by atoms with Crippen molar-refractivity contribution in [3.63, 3.8) is 0 Å². The first-order valence-corrected chi connectivity index (χ1v) is 12.7. The van der Waals surface area contributed by atoms with Crippen molar-refractivity contribution in [1.82, 2.24) is 9.88 Å². The summed E-state index contributed by atoms with van der Waals surface area (Å²) in [6, 6.07) is 6.71. The number of anilines is 1. The normalized spacial score (nSPS) is 16.5.